The molecule has 9 N–H and O–H groups in total. The van der Waals surface area contributed by atoms with Crippen molar-refractivity contribution in [2.24, 2.45) is 11.5 Å². The molecule has 181 valence electrons. The van der Waals surface area contributed by atoms with Crippen LogP contribution in [-0.4, -0.2) is 71.4 Å². The number of amides is 3. The smallest absolute Gasteiger partial charge is 0.305 e. The highest BCUT2D eigenvalue weighted by atomic mass is 16.4. The van der Waals surface area contributed by atoms with Gasteiger partial charge in [0.05, 0.1) is 19.0 Å². The molecule has 0 heterocycles. The van der Waals surface area contributed by atoms with Gasteiger partial charge < -0.3 is 37.6 Å². The Morgan fingerprint density at radius 3 is 2.12 bits per heavy atom. The van der Waals surface area contributed by atoms with Crippen molar-refractivity contribution in [2.75, 3.05) is 13.1 Å². The third-order valence-corrected chi connectivity index (χ3v) is 4.63. The summed E-state index contributed by atoms with van der Waals surface area (Å²) in [6, 6.07) is 2.28. The number of rotatable bonds is 15. The van der Waals surface area contributed by atoms with Crippen LogP contribution in [-0.2, 0) is 30.4 Å². The first-order valence-electron chi connectivity index (χ1n) is 10.4. The number of aromatic hydroxyl groups is 1. The van der Waals surface area contributed by atoms with E-state index in [0.717, 1.165) is 0 Å². The van der Waals surface area contributed by atoms with Crippen molar-refractivity contribution in [2.45, 2.75) is 50.2 Å². The van der Waals surface area contributed by atoms with Crippen LogP contribution in [0.3, 0.4) is 0 Å². The highest BCUT2D eigenvalue weighted by molar-refractivity contribution is 5.94. The molecular formula is C21H30N5O7. The fourth-order valence-corrected chi connectivity index (χ4v) is 2.91. The van der Waals surface area contributed by atoms with Crippen molar-refractivity contribution in [3.8, 4) is 5.75 Å². The van der Waals surface area contributed by atoms with Crippen LogP contribution >= 0.6 is 0 Å². The highest BCUT2D eigenvalue weighted by Gasteiger charge is 2.29. The molecule has 1 radical (unpaired) electrons. The Bertz CT molecular complexity index is 816. The predicted molar refractivity (Wildman–Crippen MR) is 118 cm³/mol. The predicted octanol–water partition coefficient (Wildman–Crippen LogP) is -1.94. The number of phenolic OH excluding ortho intramolecular Hbond substituents is 1. The monoisotopic (exact) mass is 464 g/mol. The molecule has 0 aliphatic carbocycles. The van der Waals surface area contributed by atoms with Gasteiger partial charge in [0, 0.05) is 6.42 Å². The second kappa shape index (κ2) is 14.5. The molecule has 1 aromatic rings. The molecular weight excluding hydrogens is 434 g/mol. The first-order chi connectivity index (χ1) is 15.7. The van der Waals surface area contributed by atoms with E-state index < -0.39 is 54.8 Å². The fraction of sp³-hybridized carbons (Fsp3) is 0.476. The lowest BCUT2D eigenvalue weighted by Crippen LogP contribution is -2.56. The zero-order valence-corrected chi connectivity index (χ0v) is 18.1. The molecule has 1 aromatic carbocycles. The third kappa shape index (κ3) is 10.6. The SMILES string of the molecule is NCCCC[C@@H]([C]=O)NC(=O)[C@@H](Cc1ccc(O)cc1)NC(=O)[C@@H](CC(=O)O)NC(=O)CN. The van der Waals surface area contributed by atoms with E-state index in [1.807, 2.05) is 0 Å². The Labute approximate surface area is 191 Å². The fourth-order valence-electron chi connectivity index (χ4n) is 2.91. The summed E-state index contributed by atoms with van der Waals surface area (Å²) in [6.45, 7) is -0.0288. The van der Waals surface area contributed by atoms with Gasteiger partial charge in [0.15, 0.2) is 0 Å². The molecule has 1 rings (SSSR count). The zero-order valence-electron chi connectivity index (χ0n) is 18.1. The number of carboxylic acid groups (broad SMARTS) is 1. The lowest BCUT2D eigenvalue weighted by atomic mass is 10.0. The van der Waals surface area contributed by atoms with E-state index >= 15 is 0 Å². The molecule has 0 aliphatic rings. The molecule has 12 heteroatoms. The summed E-state index contributed by atoms with van der Waals surface area (Å²) < 4.78 is 0. The Kier molecular flexibility index (Phi) is 12.1. The molecule has 0 fully saturated rings. The summed E-state index contributed by atoms with van der Waals surface area (Å²) in [5, 5.41) is 25.7. The summed E-state index contributed by atoms with van der Waals surface area (Å²) in [5.74, 6) is -3.69. The molecule has 0 aromatic heterocycles. The number of phenols is 1. The van der Waals surface area contributed by atoms with E-state index in [-0.39, 0.29) is 12.2 Å². The first kappa shape index (κ1) is 27.5. The van der Waals surface area contributed by atoms with Gasteiger partial charge in [0.2, 0.25) is 24.0 Å². The maximum Gasteiger partial charge on any atom is 0.305 e. The molecule has 3 amide bonds. The lowest BCUT2D eigenvalue weighted by Gasteiger charge is -2.23. The summed E-state index contributed by atoms with van der Waals surface area (Å²) in [5.41, 5.74) is 11.2. The van der Waals surface area contributed by atoms with Crippen molar-refractivity contribution in [1.82, 2.24) is 16.0 Å². The zero-order chi connectivity index (χ0) is 24.8. The number of carboxylic acids is 1. The molecule has 0 aliphatic heterocycles. The van der Waals surface area contributed by atoms with E-state index in [2.05, 4.69) is 16.0 Å². The van der Waals surface area contributed by atoms with Gasteiger partial charge in [0.1, 0.15) is 17.8 Å². The Morgan fingerprint density at radius 2 is 1.58 bits per heavy atom. The van der Waals surface area contributed by atoms with Gasteiger partial charge in [-0.2, -0.15) is 0 Å². The number of hydrogen-bond donors (Lipinski definition) is 7. The second-order valence-corrected chi connectivity index (χ2v) is 7.32. The van der Waals surface area contributed by atoms with Crippen molar-refractivity contribution >= 4 is 30.0 Å². The summed E-state index contributed by atoms with van der Waals surface area (Å²) in [7, 11) is 0. The van der Waals surface area contributed by atoms with Crippen LogP contribution in [0.5, 0.6) is 5.75 Å². The highest BCUT2D eigenvalue weighted by Crippen LogP contribution is 2.12. The van der Waals surface area contributed by atoms with Crippen LogP contribution in [0.15, 0.2) is 24.3 Å². The van der Waals surface area contributed by atoms with Gasteiger partial charge >= 0.3 is 5.97 Å². The largest absolute Gasteiger partial charge is 0.508 e. The Morgan fingerprint density at radius 1 is 0.939 bits per heavy atom. The van der Waals surface area contributed by atoms with E-state index in [1.54, 1.807) is 6.29 Å². The Balaban J connectivity index is 3.03. The van der Waals surface area contributed by atoms with E-state index in [1.165, 1.54) is 24.3 Å². The van der Waals surface area contributed by atoms with Crippen molar-refractivity contribution in [3.05, 3.63) is 29.8 Å². The van der Waals surface area contributed by atoms with Gasteiger partial charge in [-0.3, -0.25) is 24.0 Å². The van der Waals surface area contributed by atoms with Gasteiger partial charge in [-0.05, 0) is 43.5 Å². The number of benzene rings is 1. The molecule has 3 atom stereocenters. The number of aliphatic carboxylic acids is 1. The molecule has 0 bridgehead atoms. The van der Waals surface area contributed by atoms with Crippen molar-refractivity contribution in [1.29, 1.82) is 0 Å². The average Bonchev–Trinajstić information content (AvgIpc) is 2.78. The number of unbranched alkanes of at least 4 members (excludes halogenated alkanes) is 1. The van der Waals surface area contributed by atoms with Crippen molar-refractivity contribution in [3.63, 3.8) is 0 Å². The molecule has 0 saturated heterocycles. The van der Waals surface area contributed by atoms with Crippen LogP contribution < -0.4 is 27.4 Å². The number of hydrogen-bond acceptors (Lipinski definition) is 8. The molecule has 0 saturated carbocycles. The second-order valence-electron chi connectivity index (χ2n) is 7.32. The summed E-state index contributed by atoms with van der Waals surface area (Å²) in [6.07, 6.45) is 2.52. The summed E-state index contributed by atoms with van der Waals surface area (Å²) in [4.78, 5) is 59.6. The van der Waals surface area contributed by atoms with Crippen molar-refractivity contribution < 1.29 is 34.2 Å². The van der Waals surface area contributed by atoms with Crippen LogP contribution in [0.4, 0.5) is 0 Å². The number of carbonyl (C=O) groups is 4. The van der Waals surface area contributed by atoms with Crippen LogP contribution in [0, 0.1) is 0 Å². The number of nitrogens with one attached hydrogen (secondary N) is 3. The molecule has 12 nitrogen and oxygen atoms in total. The number of nitrogens with two attached hydrogens (primary N) is 2. The maximum atomic E-state index is 12.9. The van der Waals surface area contributed by atoms with E-state index in [0.29, 0.717) is 31.4 Å². The quantitative estimate of drug-likeness (QED) is 0.144. The minimum Gasteiger partial charge on any atom is -0.508 e. The normalized spacial score (nSPS) is 13.3. The Hall–Kier alpha value is -3.51. The third-order valence-electron chi connectivity index (χ3n) is 4.63. The van der Waals surface area contributed by atoms with Gasteiger partial charge in [-0.25, -0.2) is 0 Å². The minimum absolute atomic E-state index is 0.00493. The van der Waals surface area contributed by atoms with Crippen LogP contribution in [0.25, 0.3) is 0 Å². The van der Waals surface area contributed by atoms with E-state index in [4.69, 9.17) is 16.6 Å². The van der Waals surface area contributed by atoms with Gasteiger partial charge in [-0.15, -0.1) is 0 Å². The molecule has 0 spiro atoms. The summed E-state index contributed by atoms with van der Waals surface area (Å²) >= 11 is 0. The number of carbonyl (C=O) groups excluding carboxylic acids is 4. The van der Waals surface area contributed by atoms with Gasteiger partial charge in [-0.1, -0.05) is 12.1 Å². The topological polar surface area (TPSA) is 214 Å². The minimum atomic E-state index is -1.47. The standard InChI is InChI=1S/C21H30N5O7/c22-8-2-1-3-14(12-27)24-20(32)16(9-13-4-6-15(28)7-5-13)26-21(33)17(10-19(30)31)25-18(29)11-23/h4-7,14,16-17,28H,1-3,8-11,22-23H2,(H,24,32)(H,25,29)(H,26,33)(H,30,31)/t14-,16+,17+/m0/s1. The molecule has 33 heavy (non-hydrogen) atoms. The average molecular weight is 464 g/mol. The van der Waals surface area contributed by atoms with Crippen LogP contribution in [0.1, 0.15) is 31.2 Å². The van der Waals surface area contributed by atoms with E-state index in [9.17, 15) is 29.1 Å². The maximum absolute atomic E-state index is 12.9. The van der Waals surface area contributed by atoms with Crippen LogP contribution in [0.2, 0.25) is 0 Å². The first-order valence-corrected chi connectivity index (χ1v) is 10.4. The lowest BCUT2D eigenvalue weighted by molar-refractivity contribution is -0.140. The van der Waals surface area contributed by atoms with Gasteiger partial charge in [0.25, 0.3) is 0 Å². The molecule has 0 unspecified atom stereocenters.